The van der Waals surface area contributed by atoms with Crippen molar-refractivity contribution in [2.24, 2.45) is 10.9 Å². The number of benzene rings is 1. The third-order valence-corrected chi connectivity index (χ3v) is 7.33. The number of likely N-dealkylation sites (tertiary alicyclic amines) is 1. The Kier molecular flexibility index (Phi) is 6.33. The Morgan fingerprint density at radius 1 is 1.28 bits per heavy atom. The Hall–Kier alpha value is -2.36. The highest BCUT2D eigenvalue weighted by molar-refractivity contribution is 6.01. The van der Waals surface area contributed by atoms with E-state index in [1.165, 1.54) is 12.1 Å². The number of rotatable bonds is 4. The number of hydrogen-bond donors (Lipinski definition) is 0. The Labute approximate surface area is 186 Å². The lowest BCUT2D eigenvalue weighted by atomic mass is 9.89. The fraction of sp³-hybridized carbons (Fsp3) is 0.609. The summed E-state index contributed by atoms with van der Waals surface area (Å²) in [4.78, 5) is 19.6. The minimum absolute atomic E-state index is 0. The summed E-state index contributed by atoms with van der Waals surface area (Å²) in [6.07, 6.45) is 5.01. The van der Waals surface area contributed by atoms with Crippen molar-refractivity contribution < 1.29 is 23.8 Å². The largest absolute Gasteiger partial charge is 0.633 e. The Morgan fingerprint density at radius 3 is 2.84 bits per heavy atom. The molecule has 0 radical (unpaired) electrons. The first-order chi connectivity index (χ1) is 14.9. The van der Waals surface area contributed by atoms with Crippen LogP contribution in [-0.4, -0.2) is 64.1 Å². The molecule has 0 spiro atoms. The molecular weight excluding hydrogens is 415 g/mol. The maximum atomic E-state index is 13.4. The first kappa shape index (κ1) is 22.8. The lowest BCUT2D eigenvalue weighted by Crippen LogP contribution is -2.53. The van der Waals surface area contributed by atoms with Crippen LogP contribution in [0, 0.1) is 16.9 Å². The summed E-state index contributed by atoms with van der Waals surface area (Å²) in [5, 5.41) is 18.4. The molecule has 0 aliphatic carbocycles. The van der Waals surface area contributed by atoms with E-state index >= 15 is 0 Å². The third kappa shape index (κ3) is 4.16. The summed E-state index contributed by atoms with van der Waals surface area (Å²) < 4.78 is 18.4. The summed E-state index contributed by atoms with van der Waals surface area (Å²) >= 11 is 0. The van der Waals surface area contributed by atoms with E-state index in [4.69, 9.17) is 9.52 Å². The van der Waals surface area contributed by atoms with E-state index in [9.17, 15) is 14.4 Å². The first-order valence-electron chi connectivity index (χ1n) is 11.4. The van der Waals surface area contributed by atoms with E-state index in [0.717, 1.165) is 42.7 Å². The number of halogens is 1. The van der Waals surface area contributed by atoms with Crippen molar-refractivity contribution in [3.63, 3.8) is 0 Å². The quantitative estimate of drug-likeness (QED) is 0.530. The molecule has 1 aromatic heterocycles. The molecule has 32 heavy (non-hydrogen) atoms. The number of amides is 1. The van der Waals surface area contributed by atoms with Gasteiger partial charge in [0.2, 0.25) is 5.91 Å². The number of amidine groups is 1. The van der Waals surface area contributed by atoms with Crippen LogP contribution in [0.1, 0.15) is 57.1 Å². The molecule has 4 heterocycles. The van der Waals surface area contributed by atoms with Crippen molar-refractivity contribution in [2.45, 2.75) is 57.4 Å². The molecule has 2 atom stereocenters. The number of quaternary nitrogens is 1. The number of nitrogens with zero attached hydrogens (tertiary/aromatic N) is 4. The van der Waals surface area contributed by atoms with Crippen LogP contribution in [0.15, 0.2) is 27.7 Å². The van der Waals surface area contributed by atoms with Crippen LogP contribution >= 0.6 is 0 Å². The van der Waals surface area contributed by atoms with Crippen molar-refractivity contribution in [3.05, 3.63) is 34.9 Å². The van der Waals surface area contributed by atoms with Crippen LogP contribution in [0.2, 0.25) is 0 Å². The van der Waals surface area contributed by atoms with Crippen LogP contribution in [0.5, 0.6) is 0 Å². The van der Waals surface area contributed by atoms with Gasteiger partial charge in [0.1, 0.15) is 11.7 Å². The van der Waals surface area contributed by atoms with Crippen molar-refractivity contribution in [3.8, 4) is 0 Å². The fourth-order valence-corrected chi connectivity index (χ4v) is 5.42. The SMILES string of the molecule is CC1N=C2CCCCN2C(=O)C1CC[N+]1([O-])CCC(c2noc3cc(F)ccc23)CC1.O. The highest BCUT2D eigenvalue weighted by Gasteiger charge is 2.39. The summed E-state index contributed by atoms with van der Waals surface area (Å²) in [6.45, 7) is 4.19. The molecule has 3 aliphatic rings. The average molecular weight is 447 g/mol. The zero-order valence-corrected chi connectivity index (χ0v) is 18.4. The first-order valence-corrected chi connectivity index (χ1v) is 11.4. The second-order valence-corrected chi connectivity index (χ2v) is 9.34. The molecule has 2 unspecified atom stereocenters. The van der Waals surface area contributed by atoms with E-state index in [-0.39, 0.29) is 39.7 Å². The molecule has 174 valence electrons. The molecule has 2 saturated heterocycles. The summed E-state index contributed by atoms with van der Waals surface area (Å²) in [5.74, 6) is 0.689. The van der Waals surface area contributed by atoms with E-state index in [1.54, 1.807) is 6.07 Å². The summed E-state index contributed by atoms with van der Waals surface area (Å²) in [7, 11) is 0. The van der Waals surface area contributed by atoms with Crippen molar-refractivity contribution in [1.82, 2.24) is 10.1 Å². The van der Waals surface area contributed by atoms with E-state index < -0.39 is 0 Å². The van der Waals surface area contributed by atoms with Gasteiger partial charge in [0.25, 0.3) is 0 Å². The average Bonchev–Trinajstić information content (AvgIpc) is 3.17. The lowest BCUT2D eigenvalue weighted by Gasteiger charge is -2.48. The molecule has 3 aliphatic heterocycles. The minimum Gasteiger partial charge on any atom is -0.633 e. The van der Waals surface area contributed by atoms with Gasteiger partial charge in [0, 0.05) is 49.6 Å². The van der Waals surface area contributed by atoms with Gasteiger partial charge >= 0.3 is 0 Å². The number of hydroxylamine groups is 3. The molecule has 0 saturated carbocycles. The number of hydrogen-bond acceptors (Lipinski definition) is 5. The van der Waals surface area contributed by atoms with Gasteiger partial charge in [-0.25, -0.2) is 4.39 Å². The smallest absolute Gasteiger partial charge is 0.233 e. The van der Waals surface area contributed by atoms with Gasteiger partial charge in [0.05, 0.1) is 37.3 Å². The van der Waals surface area contributed by atoms with Gasteiger partial charge in [-0.1, -0.05) is 5.16 Å². The molecule has 2 aromatic rings. The predicted octanol–water partition coefficient (Wildman–Crippen LogP) is 3.15. The van der Waals surface area contributed by atoms with Crippen LogP contribution in [0.25, 0.3) is 11.0 Å². The highest BCUT2D eigenvalue weighted by Crippen LogP contribution is 2.36. The zero-order valence-electron chi connectivity index (χ0n) is 18.4. The number of piperidine rings is 2. The van der Waals surface area contributed by atoms with Crippen LogP contribution in [-0.2, 0) is 4.79 Å². The second kappa shape index (κ2) is 8.88. The van der Waals surface area contributed by atoms with Gasteiger partial charge in [-0.05, 0) is 31.9 Å². The maximum Gasteiger partial charge on any atom is 0.233 e. The molecule has 2 fully saturated rings. The van der Waals surface area contributed by atoms with Crippen molar-refractivity contribution >= 4 is 22.7 Å². The van der Waals surface area contributed by atoms with Gasteiger partial charge in [-0.2, -0.15) is 0 Å². The Morgan fingerprint density at radius 2 is 2.06 bits per heavy atom. The van der Waals surface area contributed by atoms with Crippen molar-refractivity contribution in [1.29, 1.82) is 0 Å². The third-order valence-electron chi connectivity index (χ3n) is 7.33. The molecule has 5 rings (SSSR count). The van der Waals surface area contributed by atoms with Crippen LogP contribution < -0.4 is 0 Å². The van der Waals surface area contributed by atoms with Crippen molar-refractivity contribution in [2.75, 3.05) is 26.2 Å². The fourth-order valence-electron chi connectivity index (χ4n) is 5.42. The van der Waals surface area contributed by atoms with E-state index in [1.807, 2.05) is 11.8 Å². The number of carbonyl (C=O) groups is 1. The second-order valence-electron chi connectivity index (χ2n) is 9.34. The van der Waals surface area contributed by atoms with Gasteiger partial charge in [-0.15, -0.1) is 0 Å². The lowest BCUT2D eigenvalue weighted by molar-refractivity contribution is -0.886. The van der Waals surface area contributed by atoms with E-state index in [0.29, 0.717) is 44.5 Å². The maximum absolute atomic E-state index is 13.4. The zero-order chi connectivity index (χ0) is 21.6. The summed E-state index contributed by atoms with van der Waals surface area (Å²) in [5.41, 5.74) is 1.27. The number of aliphatic imine (C=N–C) groups is 1. The Bertz CT molecular complexity index is 1010. The topological polar surface area (TPSA) is 113 Å². The van der Waals surface area contributed by atoms with Gasteiger partial charge in [-0.3, -0.25) is 9.79 Å². The minimum atomic E-state index is -0.346. The van der Waals surface area contributed by atoms with E-state index in [2.05, 4.69) is 5.16 Å². The molecule has 9 heteroatoms. The number of aromatic nitrogens is 1. The van der Waals surface area contributed by atoms with Crippen LogP contribution in [0.4, 0.5) is 4.39 Å². The molecule has 1 aromatic carbocycles. The number of fused-ring (bicyclic) bond motifs is 2. The monoisotopic (exact) mass is 446 g/mol. The van der Waals surface area contributed by atoms with Crippen LogP contribution in [0.3, 0.4) is 0 Å². The molecule has 0 bridgehead atoms. The molecule has 8 nitrogen and oxygen atoms in total. The van der Waals surface area contributed by atoms with Gasteiger partial charge in [0.15, 0.2) is 5.58 Å². The molecule has 2 N–H and O–H groups in total. The highest BCUT2D eigenvalue weighted by atomic mass is 19.1. The number of carbonyl (C=O) groups excluding carboxylic acids is 1. The normalized spacial score (nSPS) is 30.6. The van der Waals surface area contributed by atoms with Gasteiger partial charge < -0.3 is 24.8 Å². The Balaban J connectivity index is 0.00000245. The predicted molar refractivity (Wildman–Crippen MR) is 118 cm³/mol. The standard InChI is InChI=1S/C23H29FN4O3.H2O/c1-15-18(23(29)27-10-3-2-4-21(27)25-15)9-13-28(30)11-7-16(8-12-28)22-19-6-5-17(24)14-20(19)31-26-22;/h5-6,14-16,18H,2-4,7-13H2,1H3;1H2. The molecular formula is C23H31FN4O4. The molecule has 1 amide bonds. The summed E-state index contributed by atoms with van der Waals surface area (Å²) in [6, 6.07) is 4.41.